The first-order chi connectivity index (χ1) is 23.4. The number of halogens is 2. The summed E-state index contributed by atoms with van der Waals surface area (Å²) in [5.74, 6) is 0. The molecule has 238 valence electrons. The molecule has 0 bridgehead atoms. The first-order valence-electron chi connectivity index (χ1n) is 15.9. The Morgan fingerprint density at radius 2 is 0.479 bits per heavy atom. The SMILES string of the molecule is BrP(Nc1cccc(NP(Br)(c2ccccc2)(c2ccccc2)c2ccccc2)c1)(c1ccccc1)(c1ccccc1)c1ccccc1. The number of hydrogen-bond acceptors (Lipinski definition) is 2. The first-order valence-corrected chi connectivity index (χ1v) is 24.4. The number of rotatable bonds is 10. The van der Waals surface area contributed by atoms with Crippen LogP contribution < -0.4 is 42.0 Å². The van der Waals surface area contributed by atoms with Gasteiger partial charge in [0.25, 0.3) is 0 Å². The van der Waals surface area contributed by atoms with Crippen LogP contribution in [0.4, 0.5) is 11.4 Å². The average Bonchev–Trinajstić information content (AvgIpc) is 3.17. The van der Waals surface area contributed by atoms with Crippen LogP contribution in [-0.2, 0) is 0 Å². The molecule has 0 spiro atoms. The molecule has 0 heterocycles. The predicted molar refractivity (Wildman–Crippen MR) is 222 cm³/mol. The molecular formula is C42H36Br2N2P2. The minimum atomic E-state index is -3.45. The summed E-state index contributed by atoms with van der Waals surface area (Å²) in [6.07, 6.45) is 0. The summed E-state index contributed by atoms with van der Waals surface area (Å²) in [6, 6.07) is 73.4. The third kappa shape index (κ3) is 5.42. The van der Waals surface area contributed by atoms with Gasteiger partial charge in [0.1, 0.15) is 0 Å². The van der Waals surface area contributed by atoms with Gasteiger partial charge in [0.05, 0.1) is 0 Å². The molecule has 2 nitrogen and oxygen atoms in total. The zero-order valence-electron chi connectivity index (χ0n) is 26.3. The molecule has 0 amide bonds. The van der Waals surface area contributed by atoms with Crippen molar-refractivity contribution in [2.45, 2.75) is 0 Å². The van der Waals surface area contributed by atoms with E-state index >= 15 is 0 Å². The van der Waals surface area contributed by atoms with Crippen LogP contribution >= 0.6 is 41.9 Å². The molecule has 48 heavy (non-hydrogen) atoms. The van der Waals surface area contributed by atoms with Gasteiger partial charge >= 0.3 is 302 Å². The van der Waals surface area contributed by atoms with Crippen molar-refractivity contribution < 1.29 is 0 Å². The summed E-state index contributed by atoms with van der Waals surface area (Å²) in [5, 5.41) is 15.5. The molecule has 6 heteroatoms. The second-order valence-electron chi connectivity index (χ2n) is 11.8. The molecular weight excluding hydrogens is 754 g/mol. The Morgan fingerprint density at radius 3 is 0.688 bits per heavy atom. The fourth-order valence-corrected chi connectivity index (χ4v) is 20.4. The van der Waals surface area contributed by atoms with Crippen LogP contribution in [0, 0.1) is 0 Å². The van der Waals surface area contributed by atoms with Gasteiger partial charge < -0.3 is 0 Å². The second kappa shape index (κ2) is 13.1. The van der Waals surface area contributed by atoms with Gasteiger partial charge in [0.15, 0.2) is 0 Å². The molecule has 0 radical (unpaired) electrons. The van der Waals surface area contributed by atoms with Crippen LogP contribution in [0.5, 0.6) is 0 Å². The quantitative estimate of drug-likeness (QED) is 0.135. The Labute approximate surface area is 299 Å². The molecule has 0 aromatic heterocycles. The Hall–Kier alpha value is -4.04. The number of hydrogen-bond donors (Lipinski definition) is 2. The zero-order valence-corrected chi connectivity index (χ0v) is 31.2. The third-order valence-corrected chi connectivity index (χ3v) is 26.4. The van der Waals surface area contributed by atoms with Crippen molar-refractivity contribution in [3.05, 3.63) is 206 Å². The normalized spacial score (nSPS) is 13.3. The standard InChI is InChI=1S/C42H36Br2N2P2/c43-47(37-22-7-1-8-23-37,38-24-9-2-10-25-38,39-26-11-3-12-27-39)45-35-20-19-21-36(34-35)46-48(44,40-28-13-4-14-29-40,41-30-15-5-16-31-41)42-32-17-6-18-33-42/h1-34,45-46H. The van der Waals surface area contributed by atoms with Crippen molar-refractivity contribution in [1.82, 2.24) is 0 Å². The maximum atomic E-state index is 4.56. The van der Waals surface area contributed by atoms with Gasteiger partial charge in [-0.25, -0.2) is 0 Å². The fourth-order valence-electron chi connectivity index (χ4n) is 6.67. The second-order valence-corrected chi connectivity index (χ2v) is 27.9. The molecule has 0 saturated heterocycles. The van der Waals surface area contributed by atoms with Gasteiger partial charge in [-0.1, -0.05) is 0 Å². The van der Waals surface area contributed by atoms with Crippen molar-refractivity contribution >= 4 is 85.1 Å². The number of nitrogens with one attached hydrogen (secondary N) is 2. The molecule has 2 N–H and O–H groups in total. The summed E-state index contributed by atoms with van der Waals surface area (Å²) < 4.78 is 0. The van der Waals surface area contributed by atoms with Crippen LogP contribution in [-0.4, -0.2) is 0 Å². The van der Waals surface area contributed by atoms with E-state index in [9.17, 15) is 0 Å². The molecule has 7 rings (SSSR count). The van der Waals surface area contributed by atoms with E-state index < -0.39 is 10.9 Å². The van der Waals surface area contributed by atoms with Gasteiger partial charge in [-0.2, -0.15) is 0 Å². The third-order valence-electron chi connectivity index (χ3n) is 8.99. The van der Waals surface area contributed by atoms with E-state index in [1.54, 1.807) is 0 Å². The topological polar surface area (TPSA) is 24.1 Å². The Morgan fingerprint density at radius 1 is 0.271 bits per heavy atom. The molecule has 0 aliphatic rings. The Kier molecular flexibility index (Phi) is 8.88. The van der Waals surface area contributed by atoms with Crippen LogP contribution in [0.3, 0.4) is 0 Å². The van der Waals surface area contributed by atoms with E-state index in [2.05, 4.69) is 247 Å². The average molecular weight is 791 g/mol. The Balaban J connectivity index is 1.45. The van der Waals surface area contributed by atoms with E-state index in [0.717, 1.165) is 11.4 Å². The maximum absolute atomic E-state index is 4.56. The zero-order chi connectivity index (χ0) is 33.0. The molecule has 7 aromatic rings. The molecule has 0 saturated carbocycles. The molecule has 7 aromatic carbocycles. The van der Waals surface area contributed by atoms with Crippen LogP contribution in [0.2, 0.25) is 0 Å². The first kappa shape index (κ1) is 32.5. The molecule has 0 fully saturated rings. The van der Waals surface area contributed by atoms with Gasteiger partial charge in [-0.3, -0.25) is 0 Å². The van der Waals surface area contributed by atoms with E-state index in [4.69, 9.17) is 0 Å². The van der Waals surface area contributed by atoms with Crippen molar-refractivity contribution in [2.24, 2.45) is 0 Å². The van der Waals surface area contributed by atoms with Crippen LogP contribution in [0.15, 0.2) is 206 Å². The summed E-state index contributed by atoms with van der Waals surface area (Å²) in [6.45, 7) is 0. The molecule has 0 aliphatic heterocycles. The fraction of sp³-hybridized carbons (Fsp3) is 0. The van der Waals surface area contributed by atoms with Crippen molar-refractivity contribution in [1.29, 1.82) is 0 Å². The summed E-state index contributed by atoms with van der Waals surface area (Å²) in [4.78, 5) is 0. The summed E-state index contributed by atoms with van der Waals surface area (Å²) >= 11 is 9.12. The van der Waals surface area contributed by atoms with Gasteiger partial charge in [-0.15, -0.1) is 0 Å². The molecule has 0 aliphatic carbocycles. The molecule has 0 atom stereocenters. The van der Waals surface area contributed by atoms with E-state index in [1.807, 2.05) is 0 Å². The number of benzene rings is 7. The van der Waals surface area contributed by atoms with Gasteiger partial charge in [-0.05, 0) is 0 Å². The summed E-state index contributed by atoms with van der Waals surface area (Å²) in [5.41, 5.74) is -4.91. The van der Waals surface area contributed by atoms with Crippen molar-refractivity contribution in [2.75, 3.05) is 10.2 Å². The van der Waals surface area contributed by atoms with Crippen LogP contribution in [0.1, 0.15) is 0 Å². The van der Waals surface area contributed by atoms with Gasteiger partial charge in [0.2, 0.25) is 0 Å². The van der Waals surface area contributed by atoms with E-state index in [1.165, 1.54) is 31.8 Å². The van der Waals surface area contributed by atoms with Gasteiger partial charge in [0, 0.05) is 0 Å². The monoisotopic (exact) mass is 788 g/mol. The van der Waals surface area contributed by atoms with E-state index in [-0.39, 0.29) is 0 Å². The minimum absolute atomic E-state index is 0.998. The van der Waals surface area contributed by atoms with Crippen molar-refractivity contribution in [3.8, 4) is 0 Å². The Bertz CT molecular complexity index is 1770. The predicted octanol–water partition coefficient (Wildman–Crippen LogP) is 10.0. The van der Waals surface area contributed by atoms with Crippen LogP contribution in [0.25, 0.3) is 0 Å². The van der Waals surface area contributed by atoms with E-state index in [0.29, 0.717) is 0 Å². The number of anilines is 2. The summed E-state index contributed by atoms with van der Waals surface area (Å²) in [7, 11) is 0. The van der Waals surface area contributed by atoms with Crippen molar-refractivity contribution in [3.63, 3.8) is 0 Å². The molecule has 0 unspecified atom stereocenters.